The van der Waals surface area contributed by atoms with Crippen molar-refractivity contribution in [2.24, 2.45) is 5.73 Å². The molecular formula is C16H18ClFN2OS. The van der Waals surface area contributed by atoms with E-state index >= 15 is 0 Å². The Bertz CT molecular complexity index is 636. The minimum absolute atomic E-state index is 0. The molecule has 0 atom stereocenters. The fourth-order valence-corrected chi connectivity index (χ4v) is 3.46. The van der Waals surface area contributed by atoms with Crippen molar-refractivity contribution < 1.29 is 9.18 Å². The predicted octanol–water partition coefficient (Wildman–Crippen LogP) is 3.54. The standard InChI is InChI=1S/C16H17FN2OS.ClH/c17-12-3-1-11(2-4-12)14-5-6-15(21-14)16(20)19-9-7-13(18)8-10-19;/h1-6,13H,7-10,18H2;1H. The summed E-state index contributed by atoms with van der Waals surface area (Å²) in [5.74, 6) is -0.184. The van der Waals surface area contributed by atoms with Gasteiger partial charge in [0.25, 0.3) is 5.91 Å². The van der Waals surface area contributed by atoms with Gasteiger partial charge in [0.2, 0.25) is 0 Å². The van der Waals surface area contributed by atoms with Gasteiger partial charge in [-0.05, 0) is 42.7 Å². The van der Waals surface area contributed by atoms with Crippen LogP contribution in [0.4, 0.5) is 4.39 Å². The highest BCUT2D eigenvalue weighted by Gasteiger charge is 2.22. The molecule has 22 heavy (non-hydrogen) atoms. The Morgan fingerprint density at radius 1 is 1.14 bits per heavy atom. The summed E-state index contributed by atoms with van der Waals surface area (Å²) in [5, 5.41) is 0. The van der Waals surface area contributed by atoms with Crippen LogP contribution < -0.4 is 5.73 Å². The molecule has 1 amide bonds. The average Bonchev–Trinajstić information content (AvgIpc) is 2.98. The largest absolute Gasteiger partial charge is 0.338 e. The van der Waals surface area contributed by atoms with E-state index in [-0.39, 0.29) is 30.2 Å². The Labute approximate surface area is 139 Å². The zero-order valence-corrected chi connectivity index (χ0v) is 13.6. The molecule has 0 saturated carbocycles. The molecule has 2 N–H and O–H groups in total. The number of hydrogen-bond donors (Lipinski definition) is 1. The van der Waals surface area contributed by atoms with Gasteiger partial charge in [-0.3, -0.25) is 4.79 Å². The maximum Gasteiger partial charge on any atom is 0.263 e. The smallest absolute Gasteiger partial charge is 0.263 e. The molecule has 118 valence electrons. The van der Waals surface area contributed by atoms with Crippen LogP contribution in [0.15, 0.2) is 36.4 Å². The van der Waals surface area contributed by atoms with Crippen molar-refractivity contribution >= 4 is 29.7 Å². The van der Waals surface area contributed by atoms with Crippen molar-refractivity contribution in [2.45, 2.75) is 18.9 Å². The van der Waals surface area contributed by atoms with Gasteiger partial charge < -0.3 is 10.6 Å². The zero-order valence-electron chi connectivity index (χ0n) is 12.0. The Morgan fingerprint density at radius 3 is 2.41 bits per heavy atom. The van der Waals surface area contributed by atoms with E-state index in [1.165, 1.54) is 23.5 Å². The van der Waals surface area contributed by atoms with Crippen molar-refractivity contribution in [1.29, 1.82) is 0 Å². The van der Waals surface area contributed by atoms with Crippen LogP contribution in [0.25, 0.3) is 10.4 Å². The van der Waals surface area contributed by atoms with Crippen LogP contribution in [0.5, 0.6) is 0 Å². The van der Waals surface area contributed by atoms with Gasteiger partial charge in [-0.1, -0.05) is 12.1 Å². The molecule has 1 aliphatic rings. The summed E-state index contributed by atoms with van der Waals surface area (Å²) in [6, 6.07) is 10.3. The highest BCUT2D eigenvalue weighted by atomic mass is 35.5. The molecule has 2 heterocycles. The van der Waals surface area contributed by atoms with E-state index in [0.29, 0.717) is 0 Å². The number of benzene rings is 1. The van der Waals surface area contributed by atoms with E-state index in [1.54, 1.807) is 12.1 Å². The van der Waals surface area contributed by atoms with Gasteiger partial charge in [-0.2, -0.15) is 0 Å². The molecule has 1 aliphatic heterocycles. The highest BCUT2D eigenvalue weighted by molar-refractivity contribution is 7.17. The number of carbonyl (C=O) groups excluding carboxylic acids is 1. The van der Waals surface area contributed by atoms with E-state index in [0.717, 1.165) is 41.2 Å². The first kappa shape index (κ1) is 16.9. The van der Waals surface area contributed by atoms with Crippen molar-refractivity contribution in [3.63, 3.8) is 0 Å². The molecule has 1 aromatic carbocycles. The Hall–Kier alpha value is -1.43. The molecule has 3 rings (SSSR count). The number of carbonyl (C=O) groups is 1. The minimum Gasteiger partial charge on any atom is -0.338 e. The number of amides is 1. The molecule has 1 aromatic heterocycles. The second-order valence-electron chi connectivity index (χ2n) is 5.30. The van der Waals surface area contributed by atoms with Crippen LogP contribution in [0.3, 0.4) is 0 Å². The van der Waals surface area contributed by atoms with Gasteiger partial charge in [-0.15, -0.1) is 23.7 Å². The summed E-state index contributed by atoms with van der Waals surface area (Å²) in [7, 11) is 0. The van der Waals surface area contributed by atoms with Crippen LogP contribution >= 0.6 is 23.7 Å². The van der Waals surface area contributed by atoms with Crippen LogP contribution in [0.2, 0.25) is 0 Å². The second kappa shape index (κ2) is 7.22. The van der Waals surface area contributed by atoms with E-state index in [2.05, 4.69) is 0 Å². The second-order valence-corrected chi connectivity index (χ2v) is 6.38. The molecule has 6 heteroatoms. The number of nitrogens with two attached hydrogens (primary N) is 1. The van der Waals surface area contributed by atoms with Gasteiger partial charge >= 0.3 is 0 Å². The molecule has 0 unspecified atom stereocenters. The molecule has 1 fully saturated rings. The normalized spacial score (nSPS) is 15.5. The number of hydrogen-bond acceptors (Lipinski definition) is 3. The third-order valence-electron chi connectivity index (χ3n) is 3.77. The highest BCUT2D eigenvalue weighted by Crippen LogP contribution is 2.29. The summed E-state index contributed by atoms with van der Waals surface area (Å²) < 4.78 is 12.9. The summed E-state index contributed by atoms with van der Waals surface area (Å²) in [4.78, 5) is 16.0. The van der Waals surface area contributed by atoms with E-state index < -0.39 is 0 Å². The quantitative estimate of drug-likeness (QED) is 0.909. The fourth-order valence-electron chi connectivity index (χ4n) is 2.48. The molecule has 0 aliphatic carbocycles. The maximum absolute atomic E-state index is 12.9. The summed E-state index contributed by atoms with van der Waals surface area (Å²) in [5.41, 5.74) is 6.79. The van der Waals surface area contributed by atoms with Crippen LogP contribution in [0.1, 0.15) is 22.5 Å². The molecule has 3 nitrogen and oxygen atoms in total. The average molecular weight is 341 g/mol. The Balaban J connectivity index is 0.00000176. The molecule has 0 bridgehead atoms. The lowest BCUT2D eigenvalue weighted by molar-refractivity contribution is 0.0719. The van der Waals surface area contributed by atoms with Crippen molar-refractivity contribution in [3.8, 4) is 10.4 Å². The first-order valence-corrected chi connectivity index (χ1v) is 7.86. The van der Waals surface area contributed by atoms with Crippen LogP contribution in [0, 0.1) is 5.82 Å². The number of halogens is 2. The lowest BCUT2D eigenvalue weighted by Gasteiger charge is -2.29. The molecule has 0 radical (unpaired) electrons. The van der Waals surface area contributed by atoms with E-state index in [1.807, 2.05) is 17.0 Å². The number of nitrogens with zero attached hydrogens (tertiary/aromatic N) is 1. The first-order chi connectivity index (χ1) is 10.1. The summed E-state index contributed by atoms with van der Waals surface area (Å²) in [6.07, 6.45) is 1.73. The molecule has 2 aromatic rings. The van der Waals surface area contributed by atoms with Gasteiger partial charge in [-0.25, -0.2) is 4.39 Å². The Kier molecular flexibility index (Phi) is 5.56. The molecular weight excluding hydrogens is 323 g/mol. The van der Waals surface area contributed by atoms with Crippen molar-refractivity contribution in [3.05, 3.63) is 47.1 Å². The minimum atomic E-state index is -0.253. The van der Waals surface area contributed by atoms with Gasteiger partial charge in [0, 0.05) is 24.0 Å². The Morgan fingerprint density at radius 2 is 1.77 bits per heavy atom. The summed E-state index contributed by atoms with van der Waals surface area (Å²) in [6.45, 7) is 1.45. The lowest BCUT2D eigenvalue weighted by atomic mass is 10.1. The fraction of sp³-hybridized carbons (Fsp3) is 0.312. The number of thiophene rings is 1. The third-order valence-corrected chi connectivity index (χ3v) is 4.89. The van der Waals surface area contributed by atoms with Gasteiger partial charge in [0.05, 0.1) is 4.88 Å². The number of rotatable bonds is 2. The van der Waals surface area contributed by atoms with Gasteiger partial charge in [0.15, 0.2) is 0 Å². The first-order valence-electron chi connectivity index (χ1n) is 7.04. The monoisotopic (exact) mass is 340 g/mol. The van der Waals surface area contributed by atoms with E-state index in [9.17, 15) is 9.18 Å². The van der Waals surface area contributed by atoms with Crippen LogP contribution in [-0.2, 0) is 0 Å². The van der Waals surface area contributed by atoms with Crippen molar-refractivity contribution in [1.82, 2.24) is 4.90 Å². The molecule has 1 saturated heterocycles. The zero-order chi connectivity index (χ0) is 14.8. The third kappa shape index (κ3) is 3.66. The SMILES string of the molecule is Cl.NC1CCN(C(=O)c2ccc(-c3ccc(F)cc3)s2)CC1. The lowest BCUT2D eigenvalue weighted by Crippen LogP contribution is -2.42. The maximum atomic E-state index is 12.9. The topological polar surface area (TPSA) is 46.3 Å². The van der Waals surface area contributed by atoms with Crippen LogP contribution in [-0.4, -0.2) is 29.9 Å². The predicted molar refractivity (Wildman–Crippen MR) is 90.1 cm³/mol. The number of likely N-dealkylation sites (tertiary alicyclic amines) is 1. The number of piperidine rings is 1. The van der Waals surface area contributed by atoms with Crippen molar-refractivity contribution in [2.75, 3.05) is 13.1 Å². The van der Waals surface area contributed by atoms with Gasteiger partial charge in [0.1, 0.15) is 5.82 Å². The summed E-state index contributed by atoms with van der Waals surface area (Å²) >= 11 is 1.45. The molecule has 0 spiro atoms. The van der Waals surface area contributed by atoms with E-state index in [4.69, 9.17) is 5.73 Å².